The minimum atomic E-state index is -1.16. The summed E-state index contributed by atoms with van der Waals surface area (Å²) in [6.07, 6.45) is 2.14. The highest BCUT2D eigenvalue weighted by Crippen LogP contribution is 2.34. The van der Waals surface area contributed by atoms with Crippen LogP contribution in [0.25, 0.3) is 22.4 Å². The number of nitrogens with zero attached hydrogens (tertiary/aromatic N) is 2. The Morgan fingerprint density at radius 2 is 2.07 bits per heavy atom. The summed E-state index contributed by atoms with van der Waals surface area (Å²) in [4.78, 5) is 21.6. The third-order valence-corrected chi connectivity index (χ3v) is 5.62. The van der Waals surface area contributed by atoms with Crippen LogP contribution < -0.4 is 0 Å². The number of hydrogen-bond donors (Lipinski definition) is 3. The number of imidazole rings is 1. The standard InChI is InChI=1S/C23H21N3O4/c27-20-12-14(7-9-16(20)23(28)29)21-10-8-15(30-21)13-26-11-3-6-19(26)22-24-17-4-1-2-5-18(17)25-22/h1-2,4-5,7-10,12,19,27H,3,6,11,13H2,(H,24,25)(H,28,29)/t19-/m1/s1. The molecule has 0 spiro atoms. The summed E-state index contributed by atoms with van der Waals surface area (Å²) < 4.78 is 6.00. The lowest BCUT2D eigenvalue weighted by Gasteiger charge is -2.21. The van der Waals surface area contributed by atoms with Crippen molar-refractivity contribution >= 4 is 17.0 Å². The molecule has 1 atom stereocenters. The van der Waals surface area contributed by atoms with Crippen LogP contribution in [0.5, 0.6) is 5.75 Å². The van der Waals surface area contributed by atoms with Gasteiger partial charge in [0.2, 0.25) is 0 Å². The number of aromatic hydroxyl groups is 1. The number of benzene rings is 2. The Hall–Kier alpha value is -3.58. The summed E-state index contributed by atoms with van der Waals surface area (Å²) in [5, 5.41) is 19.0. The number of phenols is 1. The number of furan rings is 1. The van der Waals surface area contributed by atoms with Crippen molar-refractivity contribution in [1.29, 1.82) is 0 Å². The van der Waals surface area contributed by atoms with E-state index in [1.807, 2.05) is 36.4 Å². The van der Waals surface area contributed by atoms with Crippen LogP contribution in [0.3, 0.4) is 0 Å². The molecule has 0 amide bonds. The van der Waals surface area contributed by atoms with Crippen molar-refractivity contribution in [2.75, 3.05) is 6.54 Å². The predicted octanol–water partition coefficient (Wildman–Crippen LogP) is 4.56. The van der Waals surface area contributed by atoms with E-state index in [0.717, 1.165) is 42.0 Å². The van der Waals surface area contributed by atoms with E-state index in [-0.39, 0.29) is 17.4 Å². The minimum absolute atomic E-state index is 0.128. The maximum absolute atomic E-state index is 11.1. The number of H-pyrrole nitrogens is 1. The Bertz CT molecular complexity index is 1190. The summed E-state index contributed by atoms with van der Waals surface area (Å²) >= 11 is 0. The Morgan fingerprint density at radius 1 is 1.20 bits per heavy atom. The molecule has 1 saturated heterocycles. The van der Waals surface area contributed by atoms with Gasteiger partial charge >= 0.3 is 5.97 Å². The van der Waals surface area contributed by atoms with E-state index in [0.29, 0.717) is 17.9 Å². The third kappa shape index (κ3) is 3.33. The van der Waals surface area contributed by atoms with E-state index < -0.39 is 5.97 Å². The van der Waals surface area contributed by atoms with Crippen LogP contribution in [0.4, 0.5) is 0 Å². The highest BCUT2D eigenvalue weighted by molar-refractivity contribution is 5.91. The van der Waals surface area contributed by atoms with Crippen LogP contribution in [0.2, 0.25) is 0 Å². The van der Waals surface area contributed by atoms with Crippen molar-refractivity contribution < 1.29 is 19.4 Å². The average Bonchev–Trinajstić information content (AvgIpc) is 3.47. The fourth-order valence-electron chi connectivity index (χ4n) is 4.14. The zero-order valence-corrected chi connectivity index (χ0v) is 16.2. The second-order valence-electron chi connectivity index (χ2n) is 7.57. The first-order valence-corrected chi connectivity index (χ1v) is 9.92. The van der Waals surface area contributed by atoms with Gasteiger partial charge in [-0.3, -0.25) is 4.90 Å². The molecule has 2 aromatic heterocycles. The quantitative estimate of drug-likeness (QED) is 0.451. The lowest BCUT2D eigenvalue weighted by atomic mass is 10.1. The number of fused-ring (bicyclic) bond motifs is 1. The van der Waals surface area contributed by atoms with Gasteiger partial charge in [-0.2, -0.15) is 0 Å². The summed E-state index contributed by atoms with van der Waals surface area (Å²) in [6.45, 7) is 1.62. The molecule has 0 unspecified atom stereocenters. The molecular weight excluding hydrogens is 382 g/mol. The van der Waals surface area contributed by atoms with Crippen molar-refractivity contribution in [2.45, 2.75) is 25.4 Å². The lowest BCUT2D eigenvalue weighted by molar-refractivity contribution is 0.0693. The minimum Gasteiger partial charge on any atom is -0.507 e. The second-order valence-corrected chi connectivity index (χ2v) is 7.57. The lowest BCUT2D eigenvalue weighted by Crippen LogP contribution is -2.23. The first kappa shape index (κ1) is 18.4. The number of aromatic amines is 1. The largest absolute Gasteiger partial charge is 0.507 e. The van der Waals surface area contributed by atoms with Gasteiger partial charge in [0.1, 0.15) is 28.7 Å². The Kier molecular flexibility index (Phi) is 4.52. The molecule has 1 aliphatic heterocycles. The summed E-state index contributed by atoms with van der Waals surface area (Å²) in [5.74, 6) is 0.952. The molecule has 7 nitrogen and oxygen atoms in total. The van der Waals surface area contributed by atoms with Crippen LogP contribution in [0.1, 0.15) is 40.8 Å². The van der Waals surface area contributed by atoms with E-state index in [4.69, 9.17) is 14.5 Å². The van der Waals surface area contributed by atoms with Crippen molar-refractivity contribution in [3.8, 4) is 17.1 Å². The van der Waals surface area contributed by atoms with E-state index >= 15 is 0 Å². The van der Waals surface area contributed by atoms with E-state index in [1.54, 1.807) is 6.07 Å². The molecule has 0 radical (unpaired) electrons. The smallest absolute Gasteiger partial charge is 0.339 e. The molecule has 1 fully saturated rings. The van der Waals surface area contributed by atoms with Gasteiger partial charge in [-0.25, -0.2) is 9.78 Å². The molecular formula is C23H21N3O4. The van der Waals surface area contributed by atoms with Gasteiger partial charge in [-0.1, -0.05) is 18.2 Å². The first-order chi connectivity index (χ1) is 14.6. The fourth-order valence-corrected chi connectivity index (χ4v) is 4.14. The molecule has 4 aromatic rings. The van der Waals surface area contributed by atoms with Gasteiger partial charge < -0.3 is 19.6 Å². The zero-order chi connectivity index (χ0) is 20.7. The summed E-state index contributed by atoms with van der Waals surface area (Å²) in [5.41, 5.74) is 2.53. The molecule has 1 aliphatic rings. The zero-order valence-electron chi connectivity index (χ0n) is 16.2. The summed E-state index contributed by atoms with van der Waals surface area (Å²) in [6, 6.07) is 16.5. The SMILES string of the molecule is O=C(O)c1ccc(-c2ccc(CN3CCC[C@@H]3c3nc4ccccc4[nH]3)o2)cc1O. The first-order valence-electron chi connectivity index (χ1n) is 9.92. The Balaban J connectivity index is 1.35. The maximum Gasteiger partial charge on any atom is 0.339 e. The average molecular weight is 403 g/mol. The second kappa shape index (κ2) is 7.35. The van der Waals surface area contributed by atoms with E-state index in [1.165, 1.54) is 12.1 Å². The van der Waals surface area contributed by atoms with Crippen LogP contribution in [0, 0.1) is 0 Å². The van der Waals surface area contributed by atoms with Crippen LogP contribution >= 0.6 is 0 Å². The number of hydrogen-bond acceptors (Lipinski definition) is 5. The molecule has 0 bridgehead atoms. The number of carboxylic acid groups (broad SMARTS) is 1. The molecule has 7 heteroatoms. The topological polar surface area (TPSA) is 103 Å². The molecule has 152 valence electrons. The maximum atomic E-state index is 11.1. The highest BCUT2D eigenvalue weighted by Gasteiger charge is 2.29. The number of likely N-dealkylation sites (tertiary alicyclic amines) is 1. The number of aromatic nitrogens is 2. The number of para-hydroxylation sites is 2. The predicted molar refractivity (Wildman–Crippen MR) is 111 cm³/mol. The van der Waals surface area contributed by atoms with Crippen LogP contribution in [0.15, 0.2) is 59.0 Å². The van der Waals surface area contributed by atoms with Crippen molar-refractivity contribution in [3.63, 3.8) is 0 Å². The Labute approximate surface area is 172 Å². The van der Waals surface area contributed by atoms with Crippen molar-refractivity contribution in [2.24, 2.45) is 0 Å². The number of carbonyl (C=O) groups is 1. The molecule has 0 saturated carbocycles. The molecule has 3 heterocycles. The third-order valence-electron chi connectivity index (χ3n) is 5.62. The molecule has 3 N–H and O–H groups in total. The molecule has 2 aromatic carbocycles. The van der Waals surface area contributed by atoms with Crippen molar-refractivity contribution in [1.82, 2.24) is 14.9 Å². The monoisotopic (exact) mass is 403 g/mol. The number of carboxylic acids is 1. The van der Waals surface area contributed by atoms with Crippen LogP contribution in [-0.4, -0.2) is 37.6 Å². The van der Waals surface area contributed by atoms with E-state index in [9.17, 15) is 9.90 Å². The molecule has 30 heavy (non-hydrogen) atoms. The van der Waals surface area contributed by atoms with Crippen LogP contribution in [-0.2, 0) is 6.54 Å². The van der Waals surface area contributed by atoms with Gasteiger partial charge in [0.05, 0.1) is 23.6 Å². The Morgan fingerprint density at radius 3 is 2.87 bits per heavy atom. The highest BCUT2D eigenvalue weighted by atomic mass is 16.4. The summed E-state index contributed by atoms with van der Waals surface area (Å²) in [7, 11) is 0. The number of aromatic carboxylic acids is 1. The molecule has 5 rings (SSSR count). The van der Waals surface area contributed by atoms with Gasteiger partial charge in [-0.15, -0.1) is 0 Å². The normalized spacial score (nSPS) is 17.0. The van der Waals surface area contributed by atoms with Gasteiger partial charge in [0.15, 0.2) is 0 Å². The fraction of sp³-hybridized carbons (Fsp3) is 0.217. The van der Waals surface area contributed by atoms with Crippen molar-refractivity contribution in [3.05, 3.63) is 71.7 Å². The van der Waals surface area contributed by atoms with Gasteiger partial charge in [0.25, 0.3) is 0 Å². The van der Waals surface area contributed by atoms with Gasteiger partial charge in [-0.05, 0) is 55.8 Å². The number of nitrogens with one attached hydrogen (secondary N) is 1. The molecule has 0 aliphatic carbocycles. The van der Waals surface area contributed by atoms with Gasteiger partial charge in [0, 0.05) is 5.56 Å². The number of rotatable bonds is 5. The van der Waals surface area contributed by atoms with E-state index in [2.05, 4.69) is 9.88 Å².